The molecule has 1 unspecified atom stereocenters. The van der Waals surface area contributed by atoms with Gasteiger partial charge in [0.25, 0.3) is 0 Å². The predicted octanol–water partition coefficient (Wildman–Crippen LogP) is 2.18. The molecule has 1 saturated heterocycles. The van der Waals surface area contributed by atoms with Crippen molar-refractivity contribution in [2.75, 3.05) is 18.6 Å². The lowest BCUT2D eigenvalue weighted by atomic mass is 9.78. The third-order valence-electron chi connectivity index (χ3n) is 4.58. The zero-order chi connectivity index (χ0) is 14.6. The van der Waals surface area contributed by atoms with Crippen LogP contribution in [0.1, 0.15) is 51.9 Å². The first kappa shape index (κ1) is 15.7. The van der Waals surface area contributed by atoms with Gasteiger partial charge in [-0.05, 0) is 44.6 Å². The fourth-order valence-corrected chi connectivity index (χ4v) is 3.80. The SMILES string of the molecule is CSCCCCN1C(=O)C2(CCCCC2)NC(=O)C1C. The molecule has 0 bridgehead atoms. The van der Waals surface area contributed by atoms with Crippen LogP contribution in [0.2, 0.25) is 0 Å². The summed E-state index contributed by atoms with van der Waals surface area (Å²) in [5, 5.41) is 3.03. The van der Waals surface area contributed by atoms with E-state index >= 15 is 0 Å². The molecule has 2 fully saturated rings. The van der Waals surface area contributed by atoms with Gasteiger partial charge >= 0.3 is 0 Å². The van der Waals surface area contributed by atoms with E-state index in [1.807, 2.05) is 23.6 Å². The van der Waals surface area contributed by atoms with Crippen LogP contribution < -0.4 is 5.32 Å². The normalized spacial score (nSPS) is 25.9. The molecule has 1 aliphatic carbocycles. The molecule has 4 nitrogen and oxygen atoms in total. The summed E-state index contributed by atoms with van der Waals surface area (Å²) in [5.41, 5.74) is -0.582. The molecule has 5 heteroatoms. The largest absolute Gasteiger partial charge is 0.340 e. The minimum atomic E-state index is -0.582. The summed E-state index contributed by atoms with van der Waals surface area (Å²) in [4.78, 5) is 26.9. The van der Waals surface area contributed by atoms with E-state index in [9.17, 15) is 9.59 Å². The van der Waals surface area contributed by atoms with Crippen LogP contribution in [0, 0.1) is 0 Å². The molecule has 1 aliphatic heterocycles. The highest BCUT2D eigenvalue weighted by Gasteiger charge is 2.49. The van der Waals surface area contributed by atoms with E-state index in [2.05, 4.69) is 11.6 Å². The van der Waals surface area contributed by atoms with Gasteiger partial charge in [0.1, 0.15) is 11.6 Å². The Hall–Kier alpha value is -0.710. The molecule has 1 saturated carbocycles. The van der Waals surface area contributed by atoms with Crippen molar-refractivity contribution < 1.29 is 9.59 Å². The lowest BCUT2D eigenvalue weighted by Gasteiger charge is -2.47. The van der Waals surface area contributed by atoms with E-state index in [-0.39, 0.29) is 17.9 Å². The Bertz CT molecular complexity index is 367. The number of carbonyl (C=O) groups excluding carboxylic acids is 2. The van der Waals surface area contributed by atoms with Crippen LogP contribution in [-0.4, -0.2) is 46.8 Å². The molecule has 2 aliphatic rings. The Labute approximate surface area is 126 Å². The summed E-state index contributed by atoms with van der Waals surface area (Å²) in [5.74, 6) is 1.30. The third-order valence-corrected chi connectivity index (χ3v) is 5.28. The van der Waals surface area contributed by atoms with Gasteiger partial charge in [0, 0.05) is 6.54 Å². The van der Waals surface area contributed by atoms with E-state index in [0.29, 0.717) is 0 Å². The molecule has 1 spiro atoms. The highest BCUT2D eigenvalue weighted by atomic mass is 32.2. The second kappa shape index (κ2) is 6.83. The molecule has 20 heavy (non-hydrogen) atoms. The second-order valence-electron chi connectivity index (χ2n) is 6.01. The Morgan fingerprint density at radius 3 is 2.60 bits per heavy atom. The number of rotatable bonds is 5. The maximum Gasteiger partial charge on any atom is 0.248 e. The van der Waals surface area contributed by atoms with Gasteiger partial charge in [-0.15, -0.1) is 0 Å². The minimum Gasteiger partial charge on any atom is -0.340 e. The quantitative estimate of drug-likeness (QED) is 0.792. The number of unbranched alkanes of at least 4 members (excludes halogenated alkanes) is 1. The van der Waals surface area contributed by atoms with Crippen molar-refractivity contribution in [3.63, 3.8) is 0 Å². The second-order valence-corrected chi connectivity index (χ2v) is 6.99. The first-order valence-corrected chi connectivity index (χ1v) is 9.12. The minimum absolute atomic E-state index is 0.0244. The van der Waals surface area contributed by atoms with Crippen LogP contribution in [0.3, 0.4) is 0 Å². The maximum absolute atomic E-state index is 12.8. The molecule has 0 radical (unpaired) electrons. The first-order chi connectivity index (χ1) is 9.60. The van der Waals surface area contributed by atoms with Crippen molar-refractivity contribution in [1.29, 1.82) is 0 Å². The molecule has 0 aromatic heterocycles. The van der Waals surface area contributed by atoms with Crippen LogP contribution in [0.25, 0.3) is 0 Å². The molecular weight excluding hydrogens is 272 g/mol. The molecular formula is C15H26N2O2S. The monoisotopic (exact) mass is 298 g/mol. The number of nitrogens with zero attached hydrogens (tertiary/aromatic N) is 1. The molecule has 0 aromatic carbocycles. The van der Waals surface area contributed by atoms with E-state index in [0.717, 1.165) is 50.8 Å². The Kier molecular flexibility index (Phi) is 5.35. The maximum atomic E-state index is 12.8. The summed E-state index contributed by atoms with van der Waals surface area (Å²) in [6, 6.07) is -0.315. The summed E-state index contributed by atoms with van der Waals surface area (Å²) >= 11 is 1.83. The number of piperazine rings is 1. The van der Waals surface area contributed by atoms with Crippen molar-refractivity contribution in [2.24, 2.45) is 0 Å². The lowest BCUT2D eigenvalue weighted by Crippen LogP contribution is -2.70. The van der Waals surface area contributed by atoms with Gasteiger partial charge < -0.3 is 10.2 Å². The molecule has 1 heterocycles. The third kappa shape index (κ3) is 3.13. The molecule has 0 aromatic rings. The van der Waals surface area contributed by atoms with Gasteiger partial charge in [-0.2, -0.15) is 11.8 Å². The van der Waals surface area contributed by atoms with E-state index in [1.54, 1.807) is 0 Å². The topological polar surface area (TPSA) is 49.4 Å². The average Bonchev–Trinajstić information content (AvgIpc) is 2.46. The number of amides is 2. The van der Waals surface area contributed by atoms with Crippen molar-refractivity contribution in [2.45, 2.75) is 63.5 Å². The summed E-state index contributed by atoms with van der Waals surface area (Å²) in [6.07, 6.45) is 9.07. The van der Waals surface area contributed by atoms with Gasteiger partial charge in [-0.3, -0.25) is 9.59 Å². The number of hydrogen-bond donors (Lipinski definition) is 1. The summed E-state index contributed by atoms with van der Waals surface area (Å²) in [7, 11) is 0. The molecule has 2 amide bonds. The Morgan fingerprint density at radius 2 is 1.95 bits per heavy atom. The van der Waals surface area contributed by atoms with Gasteiger partial charge in [-0.1, -0.05) is 19.3 Å². The lowest BCUT2D eigenvalue weighted by molar-refractivity contribution is -0.156. The number of nitrogens with one attached hydrogen (secondary N) is 1. The van der Waals surface area contributed by atoms with Crippen molar-refractivity contribution in [3.05, 3.63) is 0 Å². The van der Waals surface area contributed by atoms with Gasteiger partial charge in [0.15, 0.2) is 0 Å². The van der Waals surface area contributed by atoms with Crippen molar-refractivity contribution >= 4 is 23.6 Å². The van der Waals surface area contributed by atoms with Crippen LogP contribution in [0.5, 0.6) is 0 Å². The summed E-state index contributed by atoms with van der Waals surface area (Å²) in [6.45, 7) is 2.56. The fraction of sp³-hybridized carbons (Fsp3) is 0.867. The zero-order valence-corrected chi connectivity index (χ0v) is 13.4. The average molecular weight is 298 g/mol. The Morgan fingerprint density at radius 1 is 1.25 bits per heavy atom. The van der Waals surface area contributed by atoms with Gasteiger partial charge in [0.2, 0.25) is 11.8 Å². The van der Waals surface area contributed by atoms with E-state index < -0.39 is 5.54 Å². The van der Waals surface area contributed by atoms with Crippen LogP contribution in [-0.2, 0) is 9.59 Å². The van der Waals surface area contributed by atoms with Crippen LogP contribution in [0.15, 0.2) is 0 Å². The highest BCUT2D eigenvalue weighted by molar-refractivity contribution is 7.98. The van der Waals surface area contributed by atoms with Crippen molar-refractivity contribution in [1.82, 2.24) is 10.2 Å². The van der Waals surface area contributed by atoms with Gasteiger partial charge in [-0.25, -0.2) is 0 Å². The van der Waals surface area contributed by atoms with Crippen LogP contribution >= 0.6 is 11.8 Å². The molecule has 114 valence electrons. The zero-order valence-electron chi connectivity index (χ0n) is 12.6. The molecule has 1 N–H and O–H groups in total. The Balaban J connectivity index is 2.04. The number of thioether (sulfide) groups is 1. The smallest absolute Gasteiger partial charge is 0.248 e. The highest BCUT2D eigenvalue weighted by Crippen LogP contribution is 2.33. The predicted molar refractivity (Wildman–Crippen MR) is 82.7 cm³/mol. The number of hydrogen-bond acceptors (Lipinski definition) is 3. The van der Waals surface area contributed by atoms with Gasteiger partial charge in [0.05, 0.1) is 0 Å². The first-order valence-electron chi connectivity index (χ1n) is 7.73. The molecule has 1 atom stereocenters. The van der Waals surface area contributed by atoms with E-state index in [4.69, 9.17) is 0 Å². The molecule has 2 rings (SSSR count). The van der Waals surface area contributed by atoms with Crippen LogP contribution in [0.4, 0.5) is 0 Å². The van der Waals surface area contributed by atoms with Crippen molar-refractivity contribution in [3.8, 4) is 0 Å². The standard InChI is InChI=1S/C15H26N2O2S/c1-12-13(18)16-15(8-4-3-5-9-15)14(19)17(12)10-6-7-11-20-2/h12H,3-11H2,1-2H3,(H,16,18). The number of carbonyl (C=O) groups is 2. The fourth-order valence-electron chi connectivity index (χ4n) is 3.30. The summed E-state index contributed by atoms with van der Waals surface area (Å²) < 4.78 is 0. The van der Waals surface area contributed by atoms with E-state index in [1.165, 1.54) is 6.42 Å².